The SMILES string of the molecule is O=C(c1cccc(N2CCOCC2)c1)N1CCO[C@@H](Cc2ccccc2)C1. The number of rotatable bonds is 4. The van der Waals surface area contributed by atoms with Crippen LogP contribution in [0.25, 0.3) is 0 Å². The van der Waals surface area contributed by atoms with Crippen molar-refractivity contribution in [2.75, 3.05) is 50.9 Å². The largest absolute Gasteiger partial charge is 0.378 e. The Morgan fingerprint density at radius 1 is 0.963 bits per heavy atom. The van der Waals surface area contributed by atoms with Crippen LogP contribution < -0.4 is 4.90 Å². The van der Waals surface area contributed by atoms with Gasteiger partial charge in [0, 0.05) is 43.9 Å². The highest BCUT2D eigenvalue weighted by atomic mass is 16.5. The Morgan fingerprint density at radius 3 is 2.59 bits per heavy atom. The van der Waals surface area contributed by atoms with Crippen molar-refractivity contribution in [2.24, 2.45) is 0 Å². The van der Waals surface area contributed by atoms with Gasteiger partial charge in [-0.05, 0) is 23.8 Å². The van der Waals surface area contributed by atoms with Crippen LogP contribution in [0.3, 0.4) is 0 Å². The molecule has 0 spiro atoms. The van der Waals surface area contributed by atoms with Crippen molar-refractivity contribution in [3.63, 3.8) is 0 Å². The number of amides is 1. The molecule has 4 rings (SSSR count). The Morgan fingerprint density at radius 2 is 1.78 bits per heavy atom. The first-order valence-corrected chi connectivity index (χ1v) is 9.67. The molecule has 0 N–H and O–H groups in total. The molecule has 0 aromatic heterocycles. The van der Waals surface area contributed by atoms with Crippen molar-refractivity contribution in [3.8, 4) is 0 Å². The number of carbonyl (C=O) groups excluding carboxylic acids is 1. The molecule has 5 heteroatoms. The molecule has 0 saturated carbocycles. The lowest BCUT2D eigenvalue weighted by Gasteiger charge is -2.33. The minimum Gasteiger partial charge on any atom is -0.378 e. The third kappa shape index (κ3) is 4.49. The quantitative estimate of drug-likeness (QED) is 0.834. The standard InChI is InChI=1S/C22H26N2O3/c25-22(19-7-4-8-20(16-19)23-9-12-26-13-10-23)24-11-14-27-21(17-24)15-18-5-2-1-3-6-18/h1-8,16,21H,9-15,17H2/t21-/m0/s1. The van der Waals surface area contributed by atoms with Crippen LogP contribution >= 0.6 is 0 Å². The first kappa shape index (κ1) is 18.0. The molecule has 2 heterocycles. The Labute approximate surface area is 160 Å². The van der Waals surface area contributed by atoms with Gasteiger partial charge in [-0.3, -0.25) is 4.79 Å². The van der Waals surface area contributed by atoms with Crippen LogP contribution in [0, 0.1) is 0 Å². The predicted molar refractivity (Wildman–Crippen MR) is 105 cm³/mol. The van der Waals surface area contributed by atoms with Crippen LogP contribution in [0.4, 0.5) is 5.69 Å². The van der Waals surface area contributed by atoms with E-state index in [0.717, 1.165) is 44.0 Å². The van der Waals surface area contributed by atoms with E-state index in [9.17, 15) is 4.79 Å². The zero-order chi connectivity index (χ0) is 18.5. The molecule has 2 aromatic rings. The molecular weight excluding hydrogens is 340 g/mol. The summed E-state index contributed by atoms with van der Waals surface area (Å²) in [5.74, 6) is 0.0893. The third-order valence-corrected chi connectivity index (χ3v) is 5.20. The number of morpholine rings is 2. The van der Waals surface area contributed by atoms with Crippen LogP contribution in [0.2, 0.25) is 0 Å². The highest BCUT2D eigenvalue weighted by Crippen LogP contribution is 2.20. The summed E-state index contributed by atoms with van der Waals surface area (Å²) in [6.45, 7) is 5.09. The summed E-state index contributed by atoms with van der Waals surface area (Å²) < 4.78 is 11.3. The van der Waals surface area contributed by atoms with Gasteiger partial charge in [0.2, 0.25) is 0 Å². The van der Waals surface area contributed by atoms with Gasteiger partial charge in [-0.2, -0.15) is 0 Å². The van der Waals surface area contributed by atoms with Gasteiger partial charge in [0.1, 0.15) is 0 Å². The summed E-state index contributed by atoms with van der Waals surface area (Å²) in [6.07, 6.45) is 0.880. The molecule has 0 unspecified atom stereocenters. The van der Waals surface area contributed by atoms with Crippen LogP contribution in [-0.4, -0.2) is 62.9 Å². The molecule has 2 saturated heterocycles. The number of ether oxygens (including phenoxy) is 2. The lowest BCUT2D eigenvalue weighted by Crippen LogP contribution is -2.46. The minimum absolute atomic E-state index is 0.0486. The Hall–Kier alpha value is -2.37. The van der Waals surface area contributed by atoms with Crippen molar-refractivity contribution in [2.45, 2.75) is 12.5 Å². The number of hydrogen-bond acceptors (Lipinski definition) is 4. The normalized spacial score (nSPS) is 20.5. The van der Waals surface area contributed by atoms with E-state index in [1.54, 1.807) is 0 Å². The van der Waals surface area contributed by atoms with E-state index < -0.39 is 0 Å². The lowest BCUT2D eigenvalue weighted by molar-refractivity contribution is -0.0208. The second-order valence-electron chi connectivity index (χ2n) is 7.08. The maximum absolute atomic E-state index is 13.1. The van der Waals surface area contributed by atoms with E-state index in [1.807, 2.05) is 41.3 Å². The van der Waals surface area contributed by atoms with Crippen molar-refractivity contribution in [3.05, 3.63) is 65.7 Å². The lowest BCUT2D eigenvalue weighted by atomic mass is 10.1. The van der Waals surface area contributed by atoms with Crippen molar-refractivity contribution >= 4 is 11.6 Å². The molecule has 2 aliphatic rings. The third-order valence-electron chi connectivity index (χ3n) is 5.20. The number of benzene rings is 2. The number of nitrogens with zero attached hydrogens (tertiary/aromatic N) is 2. The highest BCUT2D eigenvalue weighted by Gasteiger charge is 2.25. The van der Waals surface area contributed by atoms with E-state index in [4.69, 9.17) is 9.47 Å². The van der Waals surface area contributed by atoms with E-state index >= 15 is 0 Å². The van der Waals surface area contributed by atoms with Gasteiger partial charge < -0.3 is 19.3 Å². The fourth-order valence-corrected chi connectivity index (χ4v) is 3.74. The van der Waals surface area contributed by atoms with Gasteiger partial charge in [-0.15, -0.1) is 0 Å². The van der Waals surface area contributed by atoms with Crippen molar-refractivity contribution < 1.29 is 14.3 Å². The summed E-state index contributed by atoms with van der Waals surface area (Å²) in [5.41, 5.74) is 3.09. The van der Waals surface area contributed by atoms with Gasteiger partial charge in [0.25, 0.3) is 5.91 Å². The first-order valence-electron chi connectivity index (χ1n) is 9.67. The molecule has 5 nitrogen and oxygen atoms in total. The maximum Gasteiger partial charge on any atom is 0.254 e. The van der Waals surface area contributed by atoms with Gasteiger partial charge in [0.15, 0.2) is 0 Å². The predicted octanol–water partition coefficient (Wildman–Crippen LogP) is 2.61. The van der Waals surface area contributed by atoms with Gasteiger partial charge in [-0.25, -0.2) is 0 Å². The molecule has 0 radical (unpaired) electrons. The maximum atomic E-state index is 13.1. The zero-order valence-electron chi connectivity index (χ0n) is 15.5. The first-order chi connectivity index (χ1) is 13.3. The summed E-state index contributed by atoms with van der Waals surface area (Å²) in [7, 11) is 0. The fourth-order valence-electron chi connectivity index (χ4n) is 3.74. The summed E-state index contributed by atoms with van der Waals surface area (Å²) >= 11 is 0. The Kier molecular flexibility index (Phi) is 5.70. The molecular formula is C22H26N2O3. The summed E-state index contributed by atoms with van der Waals surface area (Å²) in [4.78, 5) is 17.3. The van der Waals surface area contributed by atoms with Crippen LogP contribution in [0.1, 0.15) is 15.9 Å². The molecule has 1 amide bonds. The van der Waals surface area contributed by atoms with Gasteiger partial charge >= 0.3 is 0 Å². The van der Waals surface area contributed by atoms with E-state index in [1.165, 1.54) is 5.56 Å². The van der Waals surface area contributed by atoms with Gasteiger partial charge in [0.05, 0.1) is 25.9 Å². The number of hydrogen-bond donors (Lipinski definition) is 0. The smallest absolute Gasteiger partial charge is 0.254 e. The van der Waals surface area contributed by atoms with Crippen LogP contribution in [-0.2, 0) is 15.9 Å². The summed E-state index contributed by atoms with van der Waals surface area (Å²) in [6, 6.07) is 18.3. The topological polar surface area (TPSA) is 42.0 Å². The molecule has 2 aliphatic heterocycles. The molecule has 27 heavy (non-hydrogen) atoms. The van der Waals surface area contributed by atoms with E-state index in [0.29, 0.717) is 19.7 Å². The molecule has 0 bridgehead atoms. The van der Waals surface area contributed by atoms with Crippen LogP contribution in [0.15, 0.2) is 54.6 Å². The zero-order valence-corrected chi connectivity index (χ0v) is 15.5. The molecule has 1 atom stereocenters. The van der Waals surface area contributed by atoms with E-state index in [-0.39, 0.29) is 12.0 Å². The average molecular weight is 366 g/mol. The fraction of sp³-hybridized carbons (Fsp3) is 0.409. The van der Waals surface area contributed by atoms with Crippen molar-refractivity contribution in [1.29, 1.82) is 0 Å². The second kappa shape index (κ2) is 8.55. The second-order valence-corrected chi connectivity index (χ2v) is 7.08. The molecule has 0 aliphatic carbocycles. The number of carbonyl (C=O) groups is 1. The average Bonchev–Trinajstić information content (AvgIpc) is 2.75. The van der Waals surface area contributed by atoms with Crippen LogP contribution in [0.5, 0.6) is 0 Å². The van der Waals surface area contributed by atoms with E-state index in [2.05, 4.69) is 23.1 Å². The van der Waals surface area contributed by atoms with Gasteiger partial charge in [-0.1, -0.05) is 36.4 Å². The minimum atomic E-state index is 0.0486. The monoisotopic (exact) mass is 366 g/mol. The molecule has 2 aromatic carbocycles. The number of anilines is 1. The highest BCUT2D eigenvalue weighted by molar-refractivity contribution is 5.95. The summed E-state index contributed by atoms with van der Waals surface area (Å²) in [5, 5.41) is 0. The molecule has 2 fully saturated rings. The Balaban J connectivity index is 1.42. The van der Waals surface area contributed by atoms with Crippen molar-refractivity contribution in [1.82, 2.24) is 4.90 Å². The molecule has 142 valence electrons. The Bertz CT molecular complexity index is 759.